The Hall–Kier alpha value is -2.08. The minimum Gasteiger partial charge on any atom is -0.465 e. The summed E-state index contributed by atoms with van der Waals surface area (Å²) in [6.07, 6.45) is 0.741. The van der Waals surface area contributed by atoms with Gasteiger partial charge in [-0.05, 0) is 6.92 Å². The van der Waals surface area contributed by atoms with E-state index < -0.39 is 23.0 Å². The van der Waals surface area contributed by atoms with Gasteiger partial charge in [0.15, 0.2) is 5.78 Å². The lowest BCUT2D eigenvalue weighted by Gasteiger charge is -2.05. The van der Waals surface area contributed by atoms with Crippen LogP contribution in [0.15, 0.2) is 5.10 Å². The van der Waals surface area contributed by atoms with Gasteiger partial charge in [-0.25, -0.2) is 10.2 Å². The van der Waals surface area contributed by atoms with Gasteiger partial charge in [0.1, 0.15) is 0 Å². The Morgan fingerprint density at radius 2 is 2.26 bits per heavy atom. The Labute approximate surface area is 114 Å². The average molecular weight is 286 g/mol. The summed E-state index contributed by atoms with van der Waals surface area (Å²) >= 11 is 1.01. The van der Waals surface area contributed by atoms with Gasteiger partial charge in [0, 0.05) is 6.42 Å². The van der Waals surface area contributed by atoms with Crippen molar-refractivity contribution in [1.29, 1.82) is 5.26 Å². The van der Waals surface area contributed by atoms with Crippen molar-refractivity contribution >= 4 is 35.8 Å². The summed E-state index contributed by atoms with van der Waals surface area (Å²) in [6.45, 7) is 1.94. The molecule has 0 rings (SSSR count). The first-order chi connectivity index (χ1) is 8.99. The van der Waals surface area contributed by atoms with Crippen molar-refractivity contribution in [3.8, 4) is 6.07 Å². The number of ketones is 1. The largest absolute Gasteiger partial charge is 0.465 e. The molecule has 2 amide bonds. The minimum atomic E-state index is -0.891. The number of urea groups is 1. The number of carbonyl (C=O) groups is 3. The van der Waals surface area contributed by atoms with Crippen molar-refractivity contribution in [2.75, 3.05) is 12.4 Å². The molecule has 104 valence electrons. The summed E-state index contributed by atoms with van der Waals surface area (Å²) in [5, 5.41) is 11.4. The lowest BCUT2D eigenvalue weighted by Crippen LogP contribution is -2.25. The van der Waals surface area contributed by atoms with Crippen LogP contribution in [0.5, 0.6) is 0 Å². The number of nitrogens with zero attached hydrogens (tertiary/aromatic N) is 2. The molecular weight excluding hydrogens is 272 g/mol. The fourth-order valence-electron chi connectivity index (χ4n) is 0.916. The van der Waals surface area contributed by atoms with Crippen LogP contribution >= 0.6 is 11.8 Å². The van der Waals surface area contributed by atoms with E-state index in [-0.39, 0.29) is 18.8 Å². The monoisotopic (exact) mass is 286 g/mol. The Balaban J connectivity index is 4.08. The van der Waals surface area contributed by atoms with Crippen LogP contribution in [-0.4, -0.2) is 41.6 Å². The second-order valence-electron chi connectivity index (χ2n) is 3.14. The van der Waals surface area contributed by atoms with Gasteiger partial charge >= 0.3 is 12.0 Å². The topological polar surface area (TPSA) is 135 Å². The molecule has 1 atom stereocenters. The number of hydrazone groups is 1. The highest BCUT2D eigenvalue weighted by Gasteiger charge is 2.15. The van der Waals surface area contributed by atoms with Gasteiger partial charge in [-0.3, -0.25) is 9.59 Å². The maximum atomic E-state index is 11.3. The molecular formula is C10H14N4O4S. The van der Waals surface area contributed by atoms with Crippen LogP contribution in [-0.2, 0) is 14.3 Å². The Bertz CT molecular complexity index is 405. The van der Waals surface area contributed by atoms with Crippen LogP contribution in [0, 0.1) is 11.3 Å². The smallest absolute Gasteiger partial charge is 0.332 e. The summed E-state index contributed by atoms with van der Waals surface area (Å²) in [5.74, 6) is -0.906. The molecule has 0 aliphatic rings. The Kier molecular flexibility index (Phi) is 8.82. The predicted molar refractivity (Wildman–Crippen MR) is 69.3 cm³/mol. The summed E-state index contributed by atoms with van der Waals surface area (Å²) in [5.41, 5.74) is 6.59. The molecule has 0 aliphatic heterocycles. The van der Waals surface area contributed by atoms with Crippen LogP contribution in [0.2, 0.25) is 0 Å². The molecule has 0 saturated heterocycles. The van der Waals surface area contributed by atoms with Crippen molar-refractivity contribution in [2.24, 2.45) is 10.8 Å². The van der Waals surface area contributed by atoms with Crippen molar-refractivity contribution in [3.63, 3.8) is 0 Å². The van der Waals surface area contributed by atoms with Gasteiger partial charge in [0.2, 0.25) is 0 Å². The lowest BCUT2D eigenvalue weighted by molar-refractivity contribution is -0.139. The number of nitrogens with two attached hydrogens (primary N) is 1. The fourth-order valence-corrected chi connectivity index (χ4v) is 1.69. The number of hydrogen-bond donors (Lipinski definition) is 2. The molecule has 0 aromatic rings. The molecule has 0 radical (unpaired) electrons. The first kappa shape index (κ1) is 16.9. The van der Waals surface area contributed by atoms with Gasteiger partial charge in [0.25, 0.3) is 0 Å². The summed E-state index contributed by atoms with van der Waals surface area (Å²) < 4.78 is 4.69. The van der Waals surface area contributed by atoms with Gasteiger partial charge in [0.05, 0.1) is 29.9 Å². The zero-order chi connectivity index (χ0) is 14.7. The molecule has 0 saturated carbocycles. The third-order valence-corrected chi connectivity index (χ3v) is 2.70. The zero-order valence-electron chi connectivity index (χ0n) is 10.3. The van der Waals surface area contributed by atoms with Crippen LogP contribution in [0.1, 0.15) is 13.3 Å². The standard InChI is InChI=1S/C10H14N4O4S/c1-2-18-9(16)6-19-8(4-11)3-7(15)5-13-14-10(12)17/h5,8H,2-3,6H2,1H3,(H3,12,14,17)/b13-5-/t8-/m1/s1. The van der Waals surface area contributed by atoms with Gasteiger partial charge in [-0.1, -0.05) is 0 Å². The van der Waals surface area contributed by atoms with E-state index in [1.807, 2.05) is 11.5 Å². The molecule has 0 spiro atoms. The third-order valence-electron chi connectivity index (χ3n) is 1.62. The maximum Gasteiger partial charge on any atom is 0.332 e. The highest BCUT2D eigenvalue weighted by molar-refractivity contribution is 8.00. The molecule has 0 heterocycles. The second kappa shape index (κ2) is 9.90. The predicted octanol–water partition coefficient (Wildman–Crippen LogP) is -0.212. The second-order valence-corrected chi connectivity index (χ2v) is 4.33. The molecule has 3 N–H and O–H groups in total. The van der Waals surface area contributed by atoms with E-state index in [1.165, 1.54) is 0 Å². The third kappa shape index (κ3) is 9.61. The highest BCUT2D eigenvalue weighted by Crippen LogP contribution is 2.14. The van der Waals surface area contributed by atoms with E-state index in [1.54, 1.807) is 6.92 Å². The number of nitriles is 1. The summed E-state index contributed by atoms with van der Waals surface area (Å²) in [7, 11) is 0. The van der Waals surface area contributed by atoms with E-state index in [4.69, 9.17) is 15.7 Å². The van der Waals surface area contributed by atoms with Crippen molar-refractivity contribution in [2.45, 2.75) is 18.6 Å². The first-order valence-electron chi connectivity index (χ1n) is 5.27. The van der Waals surface area contributed by atoms with E-state index in [9.17, 15) is 14.4 Å². The van der Waals surface area contributed by atoms with Crippen LogP contribution in [0.4, 0.5) is 4.79 Å². The number of carbonyl (C=O) groups excluding carboxylic acids is 3. The Morgan fingerprint density at radius 1 is 1.58 bits per heavy atom. The number of nitrogens with one attached hydrogen (secondary N) is 1. The molecule has 0 bridgehead atoms. The van der Waals surface area contributed by atoms with Crippen molar-refractivity contribution < 1.29 is 19.1 Å². The molecule has 9 heteroatoms. The molecule has 0 fully saturated rings. The number of rotatable bonds is 8. The number of ether oxygens (including phenoxy) is 1. The molecule has 19 heavy (non-hydrogen) atoms. The number of esters is 1. The van der Waals surface area contributed by atoms with Gasteiger partial charge < -0.3 is 10.5 Å². The SMILES string of the molecule is CCOC(=O)CS[C@@H](C#N)CC(=O)/C=N\NC(N)=O. The van der Waals surface area contributed by atoms with Crippen LogP contribution in [0.3, 0.4) is 0 Å². The average Bonchev–Trinajstić information content (AvgIpc) is 2.34. The molecule has 0 unspecified atom stereocenters. The maximum absolute atomic E-state index is 11.3. The summed E-state index contributed by atoms with van der Waals surface area (Å²) in [4.78, 5) is 32.7. The van der Waals surface area contributed by atoms with E-state index >= 15 is 0 Å². The number of thioether (sulfide) groups is 1. The van der Waals surface area contributed by atoms with Crippen molar-refractivity contribution in [3.05, 3.63) is 0 Å². The van der Waals surface area contributed by atoms with Gasteiger partial charge in [-0.2, -0.15) is 10.4 Å². The first-order valence-corrected chi connectivity index (χ1v) is 6.32. The van der Waals surface area contributed by atoms with Crippen LogP contribution < -0.4 is 11.2 Å². The van der Waals surface area contributed by atoms with E-state index in [2.05, 4.69) is 5.10 Å². The lowest BCUT2D eigenvalue weighted by atomic mass is 10.2. The summed E-state index contributed by atoms with van der Waals surface area (Å²) in [6, 6.07) is 0.999. The molecule has 0 aliphatic carbocycles. The van der Waals surface area contributed by atoms with E-state index in [0.29, 0.717) is 0 Å². The van der Waals surface area contributed by atoms with Gasteiger partial charge in [-0.15, -0.1) is 11.8 Å². The minimum absolute atomic E-state index is 0.00394. The van der Waals surface area contributed by atoms with E-state index in [0.717, 1.165) is 18.0 Å². The quantitative estimate of drug-likeness (QED) is 0.360. The number of primary amides is 1. The number of amides is 2. The molecule has 8 nitrogen and oxygen atoms in total. The zero-order valence-corrected chi connectivity index (χ0v) is 11.1. The fraction of sp³-hybridized carbons (Fsp3) is 0.500. The normalized spacial score (nSPS) is 11.6. The Morgan fingerprint density at radius 3 is 2.79 bits per heavy atom. The number of Topliss-reactive ketones (excluding diaryl/α,β-unsaturated/α-hetero) is 1. The molecule has 0 aromatic heterocycles. The van der Waals surface area contributed by atoms with Crippen molar-refractivity contribution in [1.82, 2.24) is 5.43 Å². The highest BCUT2D eigenvalue weighted by atomic mass is 32.2. The molecule has 0 aromatic carbocycles. The van der Waals surface area contributed by atoms with Crippen LogP contribution in [0.25, 0.3) is 0 Å². The number of hydrogen-bond acceptors (Lipinski definition) is 7.